The van der Waals surface area contributed by atoms with Gasteiger partial charge in [0.1, 0.15) is 0 Å². The quantitative estimate of drug-likeness (QED) is 0.907. The fraction of sp³-hybridized carbons (Fsp3) is 0.389. The number of aryl methyl sites for hydroxylation is 1. The molecule has 0 spiro atoms. The summed E-state index contributed by atoms with van der Waals surface area (Å²) in [5.74, 6) is -0.401. The van der Waals surface area contributed by atoms with Gasteiger partial charge in [0.05, 0.1) is 28.6 Å². The van der Waals surface area contributed by atoms with Crippen molar-refractivity contribution in [3.05, 3.63) is 58.9 Å². The first-order valence-corrected chi connectivity index (χ1v) is 8.17. The number of ether oxygens (including phenoxy) is 1. The maximum atomic E-state index is 13.1. The monoisotopic (exact) mass is 365 g/mol. The van der Waals surface area contributed by atoms with Crippen molar-refractivity contribution in [1.29, 1.82) is 0 Å². The minimum Gasteiger partial charge on any atom is -0.381 e. The second-order valence-electron chi connectivity index (χ2n) is 6.31. The van der Waals surface area contributed by atoms with Gasteiger partial charge in [0.2, 0.25) is 0 Å². The van der Waals surface area contributed by atoms with Gasteiger partial charge in [-0.05, 0) is 43.5 Å². The number of carbonyl (C=O) groups excluding carboxylic acids is 1. The van der Waals surface area contributed by atoms with Crippen molar-refractivity contribution in [3.8, 4) is 0 Å². The summed E-state index contributed by atoms with van der Waals surface area (Å²) in [5, 5.41) is 10.5. The molecule has 0 saturated carbocycles. The van der Waals surface area contributed by atoms with Crippen LogP contribution in [0.5, 0.6) is 0 Å². The van der Waals surface area contributed by atoms with E-state index < -0.39 is 23.2 Å². The van der Waals surface area contributed by atoms with Crippen molar-refractivity contribution in [2.75, 3.05) is 13.2 Å². The highest BCUT2D eigenvalue weighted by Gasteiger charge is 2.38. The van der Waals surface area contributed by atoms with E-state index in [1.54, 1.807) is 19.1 Å². The second kappa shape index (κ2) is 7.03. The Bertz CT molecular complexity index is 802. The smallest absolute Gasteiger partial charge is 0.381 e. The molecule has 1 saturated heterocycles. The summed E-state index contributed by atoms with van der Waals surface area (Å²) >= 11 is 0. The molecule has 0 bridgehead atoms. The lowest BCUT2D eigenvalue weighted by atomic mass is 9.81. The van der Waals surface area contributed by atoms with Gasteiger partial charge >= 0.3 is 6.18 Å². The van der Waals surface area contributed by atoms with Gasteiger partial charge in [-0.2, -0.15) is 23.4 Å². The van der Waals surface area contributed by atoms with Gasteiger partial charge in [-0.15, -0.1) is 0 Å². The van der Waals surface area contributed by atoms with Crippen molar-refractivity contribution < 1.29 is 22.7 Å². The number of amides is 1. The van der Waals surface area contributed by atoms with E-state index in [1.807, 2.05) is 0 Å². The number of rotatable bonds is 3. The van der Waals surface area contributed by atoms with E-state index in [0.29, 0.717) is 42.9 Å². The van der Waals surface area contributed by atoms with Crippen molar-refractivity contribution >= 4 is 5.91 Å². The summed E-state index contributed by atoms with van der Waals surface area (Å²) in [4.78, 5) is 12.7. The fourth-order valence-electron chi connectivity index (χ4n) is 3.09. The Labute approximate surface area is 148 Å². The van der Waals surface area contributed by atoms with Crippen LogP contribution in [0, 0.1) is 6.92 Å². The lowest BCUT2D eigenvalue weighted by molar-refractivity contribution is -0.137. The van der Waals surface area contributed by atoms with Crippen molar-refractivity contribution in [2.45, 2.75) is 31.5 Å². The first-order valence-electron chi connectivity index (χ1n) is 8.17. The predicted molar refractivity (Wildman–Crippen MR) is 87.4 cm³/mol. The molecule has 1 aromatic carbocycles. The summed E-state index contributed by atoms with van der Waals surface area (Å²) in [7, 11) is 0. The highest BCUT2D eigenvalue weighted by Crippen LogP contribution is 2.36. The number of nitrogens with zero attached hydrogens (tertiary/aromatic N) is 2. The number of carbonyl (C=O) groups is 1. The molecule has 0 unspecified atom stereocenters. The molecule has 0 radical (unpaired) electrons. The van der Waals surface area contributed by atoms with Crippen LogP contribution in [0.15, 0.2) is 36.5 Å². The standard InChI is InChI=1S/C18H18F3N3O2/c1-12-9-13(11-22-24-12)16(25)23-17(5-7-26-8-6-17)14-3-2-4-15(10-14)18(19,20)21/h2-4,9-11H,5-8H2,1H3,(H,23,25). The molecule has 2 aromatic rings. The Kier molecular flexibility index (Phi) is 4.95. The summed E-state index contributed by atoms with van der Waals surface area (Å²) < 4.78 is 44.7. The van der Waals surface area contributed by atoms with E-state index >= 15 is 0 Å². The molecule has 1 aliphatic heterocycles. The summed E-state index contributed by atoms with van der Waals surface area (Å²) in [5.41, 5.74) is -0.347. The van der Waals surface area contributed by atoms with E-state index in [4.69, 9.17) is 4.74 Å². The van der Waals surface area contributed by atoms with Gasteiger partial charge in [0.15, 0.2) is 0 Å². The van der Waals surface area contributed by atoms with Crippen LogP contribution < -0.4 is 5.32 Å². The molecular formula is C18H18F3N3O2. The highest BCUT2D eigenvalue weighted by atomic mass is 19.4. The molecule has 26 heavy (non-hydrogen) atoms. The van der Waals surface area contributed by atoms with Crippen LogP contribution in [0.25, 0.3) is 0 Å². The van der Waals surface area contributed by atoms with Crippen LogP contribution in [0.2, 0.25) is 0 Å². The maximum Gasteiger partial charge on any atom is 0.416 e. The van der Waals surface area contributed by atoms with Gasteiger partial charge in [0, 0.05) is 13.2 Å². The summed E-state index contributed by atoms with van der Waals surface area (Å²) in [6.45, 7) is 2.41. The van der Waals surface area contributed by atoms with Gasteiger partial charge in [0.25, 0.3) is 5.91 Å². The third-order valence-electron chi connectivity index (χ3n) is 4.48. The average molecular weight is 365 g/mol. The van der Waals surface area contributed by atoms with Crippen LogP contribution in [0.4, 0.5) is 13.2 Å². The number of nitrogens with one attached hydrogen (secondary N) is 1. The Morgan fingerprint density at radius 3 is 2.62 bits per heavy atom. The van der Waals surface area contributed by atoms with Gasteiger partial charge in [-0.25, -0.2) is 0 Å². The Morgan fingerprint density at radius 2 is 1.96 bits per heavy atom. The molecule has 2 heterocycles. The second-order valence-corrected chi connectivity index (χ2v) is 6.31. The SMILES string of the molecule is Cc1cc(C(=O)NC2(c3cccc(C(F)(F)F)c3)CCOCC2)cnn1. The van der Waals surface area contributed by atoms with Crippen LogP contribution >= 0.6 is 0 Å². The van der Waals surface area contributed by atoms with E-state index in [2.05, 4.69) is 15.5 Å². The molecular weight excluding hydrogens is 347 g/mol. The zero-order valence-corrected chi connectivity index (χ0v) is 14.1. The predicted octanol–water partition coefficient (Wildman–Crippen LogP) is 3.24. The van der Waals surface area contributed by atoms with Crippen LogP contribution in [-0.2, 0) is 16.5 Å². The topological polar surface area (TPSA) is 64.1 Å². The lowest BCUT2D eigenvalue weighted by Crippen LogP contribution is -2.49. The van der Waals surface area contributed by atoms with Gasteiger partial charge in [-0.1, -0.05) is 12.1 Å². The molecule has 0 aliphatic carbocycles. The van der Waals surface area contributed by atoms with Gasteiger partial charge < -0.3 is 10.1 Å². The number of hydrogen-bond donors (Lipinski definition) is 1. The van der Waals surface area contributed by atoms with Crippen molar-refractivity contribution in [2.24, 2.45) is 0 Å². The van der Waals surface area contributed by atoms with Crippen LogP contribution in [0.3, 0.4) is 0 Å². The lowest BCUT2D eigenvalue weighted by Gasteiger charge is -2.38. The summed E-state index contributed by atoms with van der Waals surface area (Å²) in [6, 6.07) is 6.67. The first-order chi connectivity index (χ1) is 12.3. The Balaban J connectivity index is 1.96. The number of benzene rings is 1. The molecule has 1 aromatic heterocycles. The molecule has 1 amide bonds. The highest BCUT2D eigenvalue weighted by molar-refractivity contribution is 5.94. The molecule has 138 valence electrons. The zero-order valence-electron chi connectivity index (χ0n) is 14.1. The molecule has 8 heteroatoms. The molecule has 1 N–H and O–H groups in total. The molecule has 3 rings (SSSR count). The van der Waals surface area contributed by atoms with E-state index in [-0.39, 0.29) is 0 Å². The number of aromatic nitrogens is 2. The molecule has 1 aliphatic rings. The Morgan fingerprint density at radius 1 is 1.23 bits per heavy atom. The van der Waals surface area contributed by atoms with Crippen molar-refractivity contribution in [3.63, 3.8) is 0 Å². The number of hydrogen-bond acceptors (Lipinski definition) is 4. The van der Waals surface area contributed by atoms with Crippen LogP contribution in [0.1, 0.15) is 40.0 Å². The first kappa shape index (κ1) is 18.3. The normalized spacial score (nSPS) is 16.9. The third kappa shape index (κ3) is 3.85. The molecule has 0 atom stereocenters. The van der Waals surface area contributed by atoms with Crippen LogP contribution in [-0.4, -0.2) is 29.3 Å². The van der Waals surface area contributed by atoms with E-state index in [0.717, 1.165) is 12.1 Å². The number of halogens is 3. The van der Waals surface area contributed by atoms with E-state index in [1.165, 1.54) is 12.3 Å². The maximum absolute atomic E-state index is 13.1. The van der Waals surface area contributed by atoms with Crippen molar-refractivity contribution in [1.82, 2.24) is 15.5 Å². The minimum absolute atomic E-state index is 0.315. The van der Waals surface area contributed by atoms with Gasteiger partial charge in [-0.3, -0.25) is 4.79 Å². The Hall–Kier alpha value is -2.48. The fourth-order valence-corrected chi connectivity index (χ4v) is 3.09. The average Bonchev–Trinajstić information content (AvgIpc) is 2.62. The molecule has 1 fully saturated rings. The summed E-state index contributed by atoms with van der Waals surface area (Å²) in [6.07, 6.45) is -2.34. The third-order valence-corrected chi connectivity index (χ3v) is 4.48. The number of alkyl halides is 3. The van der Waals surface area contributed by atoms with E-state index in [9.17, 15) is 18.0 Å². The molecule has 5 nitrogen and oxygen atoms in total. The minimum atomic E-state index is -4.45. The largest absolute Gasteiger partial charge is 0.416 e. The zero-order chi connectivity index (χ0) is 18.8.